The van der Waals surface area contributed by atoms with Crippen LogP contribution in [0.1, 0.15) is 18.1 Å². The lowest BCUT2D eigenvalue weighted by Gasteiger charge is -2.33. The van der Waals surface area contributed by atoms with Gasteiger partial charge in [0.25, 0.3) is 0 Å². The molecule has 1 N–H and O–H groups in total. The van der Waals surface area contributed by atoms with E-state index in [9.17, 15) is 22.4 Å². The summed E-state index contributed by atoms with van der Waals surface area (Å²) in [7, 11) is -3.94. The maximum absolute atomic E-state index is 14.8. The number of nitrogens with zero attached hydrogens (tertiary/aromatic N) is 2. The van der Waals surface area contributed by atoms with Crippen LogP contribution in [0, 0.1) is 5.82 Å². The third kappa shape index (κ3) is 8.65. The highest BCUT2D eigenvalue weighted by molar-refractivity contribution is 7.92. The molecule has 0 aliphatic heterocycles. The molecule has 0 spiro atoms. The number of likely N-dealkylation sites (N-methyl/N-ethyl adjacent to an activating group) is 1. The van der Waals surface area contributed by atoms with Crippen molar-refractivity contribution in [2.45, 2.75) is 25.9 Å². The fourth-order valence-corrected chi connectivity index (χ4v) is 5.42. The second-order valence-electron chi connectivity index (χ2n) is 9.89. The average Bonchev–Trinajstić information content (AvgIpc) is 2.99. The summed E-state index contributed by atoms with van der Waals surface area (Å²) < 4.78 is 47.5. The molecule has 1 atom stereocenters. The van der Waals surface area contributed by atoms with Gasteiger partial charge in [0, 0.05) is 25.1 Å². The van der Waals surface area contributed by atoms with Crippen LogP contribution in [0.2, 0.25) is 0 Å². The van der Waals surface area contributed by atoms with Crippen molar-refractivity contribution in [2.75, 3.05) is 23.7 Å². The number of sulfonamides is 1. The Hall–Kier alpha value is -4.70. The standard InChI is InChI=1S/C33H34FN3O5S/c1-3-35-33(39)31(22-25-12-6-4-7-13-25)36(23-26-14-10-11-17-30(26)34)32(38)24-37(43(2,40)41)27-18-20-29(21-19-27)42-28-15-8-5-9-16-28/h4-21,31H,3,22-24H2,1-2H3,(H,35,39)/t31-/m0/s1. The number of carbonyl (C=O) groups is 2. The molecule has 0 unspecified atom stereocenters. The van der Waals surface area contributed by atoms with Gasteiger partial charge in [-0.05, 0) is 55.0 Å². The number of hydrogen-bond donors (Lipinski definition) is 1. The Morgan fingerprint density at radius 2 is 1.42 bits per heavy atom. The summed E-state index contributed by atoms with van der Waals surface area (Å²) in [5, 5.41) is 2.77. The van der Waals surface area contributed by atoms with Crippen molar-refractivity contribution >= 4 is 27.5 Å². The van der Waals surface area contributed by atoms with Crippen LogP contribution in [0.15, 0.2) is 109 Å². The van der Waals surface area contributed by atoms with Crippen molar-refractivity contribution in [1.29, 1.82) is 0 Å². The second-order valence-corrected chi connectivity index (χ2v) is 11.8. The molecule has 0 saturated carbocycles. The average molecular weight is 604 g/mol. The van der Waals surface area contributed by atoms with E-state index in [0.29, 0.717) is 18.0 Å². The molecule has 0 saturated heterocycles. The van der Waals surface area contributed by atoms with Crippen LogP contribution in [0.4, 0.5) is 10.1 Å². The summed E-state index contributed by atoms with van der Waals surface area (Å²) in [6.45, 7) is 1.24. The number of nitrogens with one attached hydrogen (secondary N) is 1. The van der Waals surface area contributed by atoms with E-state index in [1.807, 2.05) is 48.5 Å². The maximum Gasteiger partial charge on any atom is 0.244 e. The third-order valence-electron chi connectivity index (χ3n) is 6.70. The van der Waals surface area contributed by atoms with Crippen molar-refractivity contribution in [3.8, 4) is 11.5 Å². The van der Waals surface area contributed by atoms with Crippen LogP contribution in [0.25, 0.3) is 0 Å². The molecule has 43 heavy (non-hydrogen) atoms. The predicted molar refractivity (Wildman–Crippen MR) is 165 cm³/mol. The van der Waals surface area contributed by atoms with Crippen LogP contribution < -0.4 is 14.4 Å². The lowest BCUT2D eigenvalue weighted by atomic mass is 10.0. The minimum Gasteiger partial charge on any atom is -0.457 e. The third-order valence-corrected chi connectivity index (χ3v) is 7.84. The van der Waals surface area contributed by atoms with E-state index < -0.39 is 40.2 Å². The van der Waals surface area contributed by atoms with E-state index in [0.717, 1.165) is 16.1 Å². The predicted octanol–water partition coefficient (Wildman–Crippen LogP) is 5.16. The zero-order valence-corrected chi connectivity index (χ0v) is 24.8. The van der Waals surface area contributed by atoms with Crippen LogP contribution in [-0.4, -0.2) is 50.5 Å². The van der Waals surface area contributed by atoms with Crippen LogP contribution in [0.5, 0.6) is 11.5 Å². The monoisotopic (exact) mass is 603 g/mol. The van der Waals surface area contributed by atoms with Gasteiger partial charge in [-0.2, -0.15) is 0 Å². The van der Waals surface area contributed by atoms with Crippen molar-refractivity contribution in [3.63, 3.8) is 0 Å². The minimum absolute atomic E-state index is 0.150. The Labute approximate surface area is 251 Å². The summed E-state index contributed by atoms with van der Waals surface area (Å²) in [4.78, 5) is 28.6. The highest BCUT2D eigenvalue weighted by Crippen LogP contribution is 2.26. The van der Waals surface area contributed by atoms with Gasteiger partial charge in [0.2, 0.25) is 21.8 Å². The van der Waals surface area contributed by atoms with Gasteiger partial charge in [0.1, 0.15) is 29.9 Å². The van der Waals surface area contributed by atoms with E-state index in [4.69, 9.17) is 4.74 Å². The van der Waals surface area contributed by atoms with E-state index in [-0.39, 0.29) is 24.2 Å². The van der Waals surface area contributed by atoms with Gasteiger partial charge >= 0.3 is 0 Å². The smallest absolute Gasteiger partial charge is 0.244 e. The van der Waals surface area contributed by atoms with Gasteiger partial charge in [-0.15, -0.1) is 0 Å². The number of hydrogen-bond acceptors (Lipinski definition) is 5. The van der Waals surface area contributed by atoms with E-state index in [1.165, 1.54) is 23.1 Å². The Kier molecular flexibility index (Phi) is 10.5. The lowest BCUT2D eigenvalue weighted by molar-refractivity contribution is -0.140. The second kappa shape index (κ2) is 14.5. The Balaban J connectivity index is 1.67. The van der Waals surface area contributed by atoms with Gasteiger partial charge in [0.05, 0.1) is 11.9 Å². The summed E-state index contributed by atoms with van der Waals surface area (Å²) in [5.74, 6) is -0.530. The number of rotatable bonds is 13. The first-order valence-electron chi connectivity index (χ1n) is 13.8. The quantitative estimate of drug-likeness (QED) is 0.228. The van der Waals surface area contributed by atoms with Crippen molar-refractivity contribution in [3.05, 3.63) is 126 Å². The SMILES string of the molecule is CCNC(=O)[C@H](Cc1ccccc1)N(Cc1ccccc1F)C(=O)CN(c1ccc(Oc2ccccc2)cc1)S(C)(=O)=O. The number of ether oxygens (including phenoxy) is 1. The fraction of sp³-hybridized carbons (Fsp3) is 0.212. The van der Waals surface area contributed by atoms with Crippen LogP contribution in [-0.2, 0) is 32.6 Å². The Bertz CT molecular complexity index is 1620. The first kappa shape index (κ1) is 31.2. The largest absolute Gasteiger partial charge is 0.457 e. The molecular formula is C33H34FN3O5S. The fourth-order valence-electron chi connectivity index (χ4n) is 4.57. The molecule has 0 radical (unpaired) electrons. The summed E-state index contributed by atoms with van der Waals surface area (Å²) in [5.41, 5.74) is 1.23. The van der Waals surface area contributed by atoms with E-state index in [2.05, 4.69) is 5.32 Å². The molecule has 0 aliphatic carbocycles. The van der Waals surface area contributed by atoms with Gasteiger partial charge < -0.3 is 15.0 Å². The first-order valence-corrected chi connectivity index (χ1v) is 15.7. The molecule has 4 aromatic carbocycles. The van der Waals surface area contributed by atoms with Crippen LogP contribution in [0.3, 0.4) is 0 Å². The number of anilines is 1. The van der Waals surface area contributed by atoms with Crippen molar-refractivity contribution in [1.82, 2.24) is 10.2 Å². The highest BCUT2D eigenvalue weighted by Gasteiger charge is 2.33. The zero-order chi connectivity index (χ0) is 30.8. The number of para-hydroxylation sites is 1. The van der Waals surface area contributed by atoms with Gasteiger partial charge in [-0.3, -0.25) is 13.9 Å². The Morgan fingerprint density at radius 1 is 0.837 bits per heavy atom. The Morgan fingerprint density at radius 3 is 2.02 bits per heavy atom. The highest BCUT2D eigenvalue weighted by atomic mass is 32.2. The molecule has 10 heteroatoms. The minimum atomic E-state index is -3.94. The number of halogens is 1. The van der Waals surface area contributed by atoms with Gasteiger partial charge in [0.15, 0.2) is 0 Å². The molecule has 0 heterocycles. The normalized spacial score (nSPS) is 11.8. The zero-order valence-electron chi connectivity index (χ0n) is 24.0. The maximum atomic E-state index is 14.8. The number of carbonyl (C=O) groups excluding carboxylic acids is 2. The topological polar surface area (TPSA) is 96.0 Å². The number of amides is 2. The molecular weight excluding hydrogens is 569 g/mol. The number of benzene rings is 4. The molecule has 0 bridgehead atoms. The molecule has 224 valence electrons. The van der Waals surface area contributed by atoms with E-state index >= 15 is 0 Å². The van der Waals surface area contributed by atoms with E-state index in [1.54, 1.807) is 49.4 Å². The molecule has 0 aromatic heterocycles. The molecule has 4 aromatic rings. The van der Waals surface area contributed by atoms with Crippen LogP contribution >= 0.6 is 0 Å². The molecule has 0 fully saturated rings. The molecule has 8 nitrogen and oxygen atoms in total. The van der Waals surface area contributed by atoms with Crippen molar-refractivity contribution < 1.29 is 27.1 Å². The summed E-state index contributed by atoms with van der Waals surface area (Å²) in [6.07, 6.45) is 1.15. The molecule has 2 amide bonds. The summed E-state index contributed by atoms with van der Waals surface area (Å²) >= 11 is 0. The van der Waals surface area contributed by atoms with Gasteiger partial charge in [-0.25, -0.2) is 12.8 Å². The van der Waals surface area contributed by atoms with Crippen molar-refractivity contribution in [2.24, 2.45) is 0 Å². The van der Waals surface area contributed by atoms with Gasteiger partial charge in [-0.1, -0.05) is 66.7 Å². The first-order chi connectivity index (χ1) is 20.7. The molecule has 4 rings (SSSR count). The lowest BCUT2D eigenvalue weighted by Crippen LogP contribution is -2.53. The molecule has 0 aliphatic rings. The summed E-state index contributed by atoms with van der Waals surface area (Å²) in [6, 6.07) is 29.5.